The second-order valence-corrected chi connectivity index (χ2v) is 5.00. The molecule has 106 valence electrons. The summed E-state index contributed by atoms with van der Waals surface area (Å²) in [4.78, 5) is 12.2. The third-order valence-corrected chi connectivity index (χ3v) is 3.69. The zero-order valence-electron chi connectivity index (χ0n) is 11.1. The van der Waals surface area contributed by atoms with Crippen molar-refractivity contribution < 1.29 is 10.2 Å². The number of hydrogen-bond acceptors (Lipinski definition) is 6. The van der Waals surface area contributed by atoms with Gasteiger partial charge in [-0.1, -0.05) is 19.4 Å². The standard InChI is InChI=1S/C13H17N5O2/c1-2-3-7-4-8(11(20)10(7)19)18-6-17-9-12(14)15-5-16-13(9)18/h4-6,8,10-11,19-20H,2-3H2,1H3,(H2,14,15,16). The summed E-state index contributed by atoms with van der Waals surface area (Å²) in [5.41, 5.74) is 7.67. The predicted octanol–water partition coefficient (Wildman–Crippen LogP) is 0.411. The first-order valence-electron chi connectivity index (χ1n) is 6.63. The molecule has 0 spiro atoms. The fraction of sp³-hybridized carbons (Fsp3) is 0.462. The van der Waals surface area contributed by atoms with Crippen LogP contribution in [0.15, 0.2) is 24.3 Å². The molecule has 1 aliphatic rings. The van der Waals surface area contributed by atoms with Gasteiger partial charge in [0.2, 0.25) is 0 Å². The Hall–Kier alpha value is -1.99. The van der Waals surface area contributed by atoms with Crippen LogP contribution in [0, 0.1) is 0 Å². The van der Waals surface area contributed by atoms with Crippen LogP contribution in [0.5, 0.6) is 0 Å². The summed E-state index contributed by atoms with van der Waals surface area (Å²) in [6.07, 6.45) is 4.77. The Bertz CT molecular complexity index is 666. The van der Waals surface area contributed by atoms with Crippen molar-refractivity contribution in [2.75, 3.05) is 5.73 Å². The summed E-state index contributed by atoms with van der Waals surface area (Å²) < 4.78 is 1.73. The predicted molar refractivity (Wildman–Crippen MR) is 73.8 cm³/mol. The molecule has 0 aliphatic heterocycles. The summed E-state index contributed by atoms with van der Waals surface area (Å²) in [6.45, 7) is 2.04. The average molecular weight is 275 g/mol. The lowest BCUT2D eigenvalue weighted by atomic mass is 10.1. The number of rotatable bonds is 3. The van der Waals surface area contributed by atoms with Gasteiger partial charge in [0.05, 0.1) is 12.4 Å². The van der Waals surface area contributed by atoms with E-state index in [4.69, 9.17) is 5.73 Å². The molecule has 0 aromatic carbocycles. The number of nitrogen functional groups attached to an aromatic ring is 1. The molecule has 7 heteroatoms. The smallest absolute Gasteiger partial charge is 0.166 e. The highest BCUT2D eigenvalue weighted by Gasteiger charge is 2.36. The van der Waals surface area contributed by atoms with E-state index >= 15 is 0 Å². The van der Waals surface area contributed by atoms with Crippen LogP contribution in [0.3, 0.4) is 0 Å². The number of nitrogens with two attached hydrogens (primary N) is 1. The van der Waals surface area contributed by atoms with Gasteiger partial charge >= 0.3 is 0 Å². The van der Waals surface area contributed by atoms with Gasteiger partial charge in [-0.15, -0.1) is 0 Å². The van der Waals surface area contributed by atoms with Crippen molar-refractivity contribution >= 4 is 17.0 Å². The molecular formula is C13H17N5O2. The molecule has 2 heterocycles. The Kier molecular flexibility index (Phi) is 3.15. The van der Waals surface area contributed by atoms with Gasteiger partial charge in [0.15, 0.2) is 11.5 Å². The molecule has 0 saturated heterocycles. The Morgan fingerprint density at radius 1 is 1.30 bits per heavy atom. The third-order valence-electron chi connectivity index (χ3n) is 3.69. The summed E-state index contributed by atoms with van der Waals surface area (Å²) in [5.74, 6) is 0.305. The number of hydrogen-bond donors (Lipinski definition) is 3. The van der Waals surface area contributed by atoms with Crippen molar-refractivity contribution in [2.24, 2.45) is 0 Å². The Morgan fingerprint density at radius 3 is 2.85 bits per heavy atom. The first kappa shape index (κ1) is 13.0. The van der Waals surface area contributed by atoms with Crippen molar-refractivity contribution in [1.29, 1.82) is 0 Å². The minimum Gasteiger partial charge on any atom is -0.388 e. The molecule has 1 aliphatic carbocycles. The van der Waals surface area contributed by atoms with E-state index in [0.717, 1.165) is 18.4 Å². The van der Waals surface area contributed by atoms with Crippen LogP contribution in [-0.4, -0.2) is 41.9 Å². The zero-order chi connectivity index (χ0) is 14.3. The van der Waals surface area contributed by atoms with Gasteiger partial charge in [0, 0.05) is 0 Å². The minimum absolute atomic E-state index is 0.305. The molecule has 0 fully saturated rings. The van der Waals surface area contributed by atoms with E-state index in [1.54, 1.807) is 10.9 Å². The van der Waals surface area contributed by atoms with Crippen LogP contribution in [0.25, 0.3) is 11.2 Å². The first-order chi connectivity index (χ1) is 9.63. The lowest BCUT2D eigenvalue weighted by molar-refractivity contribution is 0.0315. The highest BCUT2D eigenvalue weighted by molar-refractivity contribution is 5.81. The summed E-state index contributed by atoms with van der Waals surface area (Å²) in [6, 6.07) is -0.383. The average Bonchev–Trinajstić information content (AvgIpc) is 2.97. The second kappa shape index (κ2) is 4.84. The lowest BCUT2D eigenvalue weighted by Gasteiger charge is -2.18. The molecule has 0 saturated carbocycles. The maximum absolute atomic E-state index is 10.2. The number of nitrogens with zero attached hydrogens (tertiary/aromatic N) is 4. The van der Waals surface area contributed by atoms with E-state index in [1.165, 1.54) is 6.33 Å². The minimum atomic E-state index is -0.898. The molecule has 20 heavy (non-hydrogen) atoms. The number of aliphatic hydroxyl groups excluding tert-OH is 2. The lowest BCUT2D eigenvalue weighted by Crippen LogP contribution is -2.29. The first-order valence-corrected chi connectivity index (χ1v) is 6.63. The normalized spacial score (nSPS) is 26.1. The van der Waals surface area contributed by atoms with Crippen LogP contribution in [0.2, 0.25) is 0 Å². The molecular weight excluding hydrogens is 258 g/mol. The van der Waals surface area contributed by atoms with Crippen molar-refractivity contribution in [3.05, 3.63) is 24.3 Å². The second-order valence-electron chi connectivity index (χ2n) is 5.00. The fourth-order valence-electron chi connectivity index (χ4n) is 2.68. The molecule has 4 N–H and O–H groups in total. The van der Waals surface area contributed by atoms with E-state index in [2.05, 4.69) is 15.0 Å². The Labute approximate surface area is 115 Å². The fourth-order valence-corrected chi connectivity index (χ4v) is 2.68. The number of aliphatic hydroxyl groups is 2. The maximum atomic E-state index is 10.2. The van der Waals surface area contributed by atoms with Gasteiger partial charge < -0.3 is 20.5 Å². The molecule has 0 amide bonds. The molecule has 3 unspecified atom stereocenters. The van der Waals surface area contributed by atoms with Crippen LogP contribution in [0.4, 0.5) is 5.82 Å². The van der Waals surface area contributed by atoms with E-state index in [9.17, 15) is 10.2 Å². The largest absolute Gasteiger partial charge is 0.388 e. The van der Waals surface area contributed by atoms with Crippen molar-refractivity contribution in [1.82, 2.24) is 19.5 Å². The van der Waals surface area contributed by atoms with Gasteiger partial charge in [-0.2, -0.15) is 0 Å². The van der Waals surface area contributed by atoms with Gasteiger partial charge in [-0.25, -0.2) is 15.0 Å². The number of fused-ring (bicyclic) bond motifs is 1. The third kappa shape index (κ3) is 1.86. The number of imidazole rings is 1. The van der Waals surface area contributed by atoms with Crippen molar-refractivity contribution in [3.8, 4) is 0 Å². The van der Waals surface area contributed by atoms with Crippen LogP contribution in [-0.2, 0) is 0 Å². The summed E-state index contributed by atoms with van der Waals surface area (Å²) in [7, 11) is 0. The monoisotopic (exact) mass is 275 g/mol. The maximum Gasteiger partial charge on any atom is 0.166 e. The summed E-state index contributed by atoms with van der Waals surface area (Å²) >= 11 is 0. The quantitative estimate of drug-likeness (QED) is 0.700. The molecule has 3 atom stereocenters. The van der Waals surface area contributed by atoms with Gasteiger partial charge in [-0.3, -0.25) is 0 Å². The van der Waals surface area contributed by atoms with Crippen LogP contribution < -0.4 is 5.73 Å². The van der Waals surface area contributed by atoms with Gasteiger partial charge in [0.1, 0.15) is 24.1 Å². The van der Waals surface area contributed by atoms with E-state index in [-0.39, 0.29) is 6.04 Å². The van der Waals surface area contributed by atoms with Crippen LogP contribution >= 0.6 is 0 Å². The van der Waals surface area contributed by atoms with Crippen molar-refractivity contribution in [3.63, 3.8) is 0 Å². The van der Waals surface area contributed by atoms with E-state index < -0.39 is 12.2 Å². The highest BCUT2D eigenvalue weighted by Crippen LogP contribution is 2.33. The molecule has 2 aromatic rings. The Morgan fingerprint density at radius 2 is 2.10 bits per heavy atom. The molecule has 7 nitrogen and oxygen atoms in total. The highest BCUT2D eigenvalue weighted by atomic mass is 16.3. The SMILES string of the molecule is CCCC1=CC(n2cnc3c(N)ncnc32)C(O)C1O. The van der Waals surface area contributed by atoms with E-state index in [1.807, 2.05) is 13.0 Å². The molecule has 3 rings (SSSR count). The van der Waals surface area contributed by atoms with E-state index in [0.29, 0.717) is 17.0 Å². The molecule has 0 bridgehead atoms. The van der Waals surface area contributed by atoms with Gasteiger partial charge in [0.25, 0.3) is 0 Å². The van der Waals surface area contributed by atoms with Gasteiger partial charge in [-0.05, 0) is 12.0 Å². The zero-order valence-corrected chi connectivity index (χ0v) is 11.1. The summed E-state index contributed by atoms with van der Waals surface area (Å²) in [5, 5.41) is 20.3. The number of aromatic nitrogens is 4. The number of anilines is 1. The molecule has 2 aromatic heterocycles. The topological polar surface area (TPSA) is 110 Å². The Balaban J connectivity index is 2.05. The van der Waals surface area contributed by atoms with Crippen LogP contribution in [0.1, 0.15) is 25.8 Å². The molecule has 0 radical (unpaired) electrons. The van der Waals surface area contributed by atoms with Crippen molar-refractivity contribution in [2.45, 2.75) is 38.0 Å².